The molecule has 5 heteroatoms. The Hall–Kier alpha value is -2.82. The van der Waals surface area contributed by atoms with Gasteiger partial charge in [0, 0.05) is 17.2 Å². The van der Waals surface area contributed by atoms with Crippen LogP contribution in [0.25, 0.3) is 0 Å². The van der Waals surface area contributed by atoms with Crippen LogP contribution in [-0.2, 0) is 0 Å². The monoisotopic (exact) mass is 284 g/mol. The fraction of sp³-hybridized carbons (Fsp3) is 0.125. The third-order valence-electron chi connectivity index (χ3n) is 3.53. The maximum Gasteiger partial charge on any atom is 0.198 e. The second kappa shape index (κ2) is 4.34. The first-order chi connectivity index (χ1) is 9.93. The highest BCUT2D eigenvalue weighted by atomic mass is 16.5. The number of carbonyl (C=O) groups is 2. The van der Waals surface area contributed by atoms with Gasteiger partial charge in [0.1, 0.15) is 17.2 Å². The Morgan fingerprint density at radius 2 is 1.38 bits per heavy atom. The summed E-state index contributed by atoms with van der Waals surface area (Å²) in [7, 11) is 1.39. The molecule has 3 rings (SSSR count). The summed E-state index contributed by atoms with van der Waals surface area (Å²) in [5.74, 6) is -1.28. The molecule has 0 heterocycles. The van der Waals surface area contributed by atoms with E-state index in [0.29, 0.717) is 5.56 Å². The standard InChI is InChI=1S/C16H12O5/c1-7-3-9-13(11(17)4-7)16(20)10-5-8(21-2)6-12(18)14(10)15(9)19/h3-6,17-18H,1-2H3. The summed E-state index contributed by atoms with van der Waals surface area (Å²) in [6.45, 7) is 1.71. The van der Waals surface area contributed by atoms with Crippen LogP contribution in [0.15, 0.2) is 24.3 Å². The number of hydrogen-bond acceptors (Lipinski definition) is 5. The van der Waals surface area contributed by atoms with Gasteiger partial charge in [0.2, 0.25) is 0 Å². The normalized spacial score (nSPS) is 12.9. The van der Waals surface area contributed by atoms with Crippen LogP contribution in [-0.4, -0.2) is 28.9 Å². The number of ketones is 2. The van der Waals surface area contributed by atoms with Crippen LogP contribution in [0, 0.1) is 6.92 Å². The average Bonchev–Trinajstić information content (AvgIpc) is 2.43. The predicted octanol–water partition coefficient (Wildman–Crippen LogP) is 2.19. The minimum Gasteiger partial charge on any atom is -0.507 e. The summed E-state index contributed by atoms with van der Waals surface area (Å²) >= 11 is 0. The van der Waals surface area contributed by atoms with E-state index in [9.17, 15) is 19.8 Å². The molecule has 0 amide bonds. The highest BCUT2D eigenvalue weighted by molar-refractivity contribution is 6.30. The summed E-state index contributed by atoms with van der Waals surface area (Å²) in [5.41, 5.74) is 0.696. The summed E-state index contributed by atoms with van der Waals surface area (Å²) in [4.78, 5) is 25.0. The third-order valence-corrected chi connectivity index (χ3v) is 3.53. The quantitative estimate of drug-likeness (QED) is 0.715. The van der Waals surface area contributed by atoms with Crippen molar-refractivity contribution in [3.05, 3.63) is 52.1 Å². The van der Waals surface area contributed by atoms with Crippen LogP contribution in [0.1, 0.15) is 37.4 Å². The summed E-state index contributed by atoms with van der Waals surface area (Å²) in [6.07, 6.45) is 0. The summed E-state index contributed by atoms with van der Waals surface area (Å²) < 4.78 is 5.00. The molecule has 21 heavy (non-hydrogen) atoms. The van der Waals surface area contributed by atoms with Gasteiger partial charge in [-0.3, -0.25) is 9.59 Å². The molecule has 2 aromatic rings. The van der Waals surface area contributed by atoms with Crippen molar-refractivity contribution >= 4 is 11.6 Å². The van der Waals surface area contributed by atoms with E-state index in [4.69, 9.17) is 4.74 Å². The fourth-order valence-corrected chi connectivity index (χ4v) is 2.59. The Balaban J connectivity index is 2.36. The molecule has 0 saturated carbocycles. The highest BCUT2D eigenvalue weighted by Crippen LogP contribution is 2.39. The van der Waals surface area contributed by atoms with Crippen LogP contribution in [0.4, 0.5) is 0 Å². The number of phenols is 2. The molecule has 2 aromatic carbocycles. The van der Waals surface area contributed by atoms with Crippen molar-refractivity contribution in [3.8, 4) is 17.2 Å². The number of carbonyl (C=O) groups excluding carboxylic acids is 2. The van der Waals surface area contributed by atoms with Gasteiger partial charge in [0.25, 0.3) is 0 Å². The number of aryl methyl sites for hydroxylation is 1. The molecule has 0 spiro atoms. The fourth-order valence-electron chi connectivity index (χ4n) is 2.59. The lowest BCUT2D eigenvalue weighted by Crippen LogP contribution is -2.21. The minimum absolute atomic E-state index is 0.0310. The first kappa shape index (κ1) is 13.2. The molecule has 0 atom stereocenters. The van der Waals surface area contributed by atoms with Crippen molar-refractivity contribution in [2.45, 2.75) is 6.92 Å². The van der Waals surface area contributed by atoms with Crippen molar-refractivity contribution in [1.29, 1.82) is 0 Å². The molecule has 0 saturated heterocycles. The Labute approximate surface area is 120 Å². The zero-order valence-electron chi connectivity index (χ0n) is 11.4. The molecule has 2 N–H and O–H groups in total. The number of ether oxygens (including phenoxy) is 1. The Morgan fingerprint density at radius 1 is 0.857 bits per heavy atom. The smallest absolute Gasteiger partial charge is 0.198 e. The number of aromatic hydroxyl groups is 2. The molecule has 5 nitrogen and oxygen atoms in total. The molecule has 0 aromatic heterocycles. The van der Waals surface area contributed by atoms with Crippen LogP contribution in [0.5, 0.6) is 17.2 Å². The highest BCUT2D eigenvalue weighted by Gasteiger charge is 2.34. The zero-order valence-corrected chi connectivity index (χ0v) is 11.4. The lowest BCUT2D eigenvalue weighted by atomic mass is 9.82. The second-order valence-corrected chi connectivity index (χ2v) is 4.93. The van der Waals surface area contributed by atoms with Crippen molar-refractivity contribution < 1.29 is 24.5 Å². The molecule has 1 aliphatic carbocycles. The van der Waals surface area contributed by atoms with Gasteiger partial charge in [-0.15, -0.1) is 0 Å². The molecule has 106 valence electrons. The lowest BCUT2D eigenvalue weighted by Gasteiger charge is -2.20. The number of phenolic OH excluding ortho intramolecular Hbond substituents is 2. The van der Waals surface area contributed by atoms with Gasteiger partial charge in [0.15, 0.2) is 11.6 Å². The van der Waals surface area contributed by atoms with Crippen LogP contribution >= 0.6 is 0 Å². The van der Waals surface area contributed by atoms with Crippen molar-refractivity contribution in [1.82, 2.24) is 0 Å². The Kier molecular flexibility index (Phi) is 2.73. The lowest BCUT2D eigenvalue weighted by molar-refractivity contribution is 0.0974. The van der Waals surface area contributed by atoms with Crippen molar-refractivity contribution in [2.75, 3.05) is 7.11 Å². The van der Waals surface area contributed by atoms with E-state index in [1.807, 2.05) is 0 Å². The SMILES string of the molecule is COc1cc(O)c2c(c1)C(=O)c1c(O)cc(C)cc1C2=O. The average molecular weight is 284 g/mol. The maximum absolute atomic E-state index is 12.5. The number of rotatable bonds is 1. The van der Waals surface area contributed by atoms with Gasteiger partial charge in [0.05, 0.1) is 18.2 Å². The maximum atomic E-state index is 12.5. The number of benzene rings is 2. The van der Waals surface area contributed by atoms with Gasteiger partial charge in [-0.05, 0) is 30.7 Å². The van der Waals surface area contributed by atoms with E-state index in [2.05, 4.69) is 0 Å². The van der Waals surface area contributed by atoms with Crippen LogP contribution in [0.2, 0.25) is 0 Å². The number of hydrogen-bond donors (Lipinski definition) is 2. The Bertz CT molecular complexity index is 805. The van der Waals surface area contributed by atoms with Gasteiger partial charge in [-0.25, -0.2) is 0 Å². The first-order valence-corrected chi connectivity index (χ1v) is 6.28. The largest absolute Gasteiger partial charge is 0.507 e. The molecule has 0 bridgehead atoms. The van der Waals surface area contributed by atoms with E-state index >= 15 is 0 Å². The van der Waals surface area contributed by atoms with E-state index in [1.54, 1.807) is 6.92 Å². The molecule has 0 radical (unpaired) electrons. The Morgan fingerprint density at radius 3 is 1.95 bits per heavy atom. The number of methoxy groups -OCH3 is 1. The van der Waals surface area contributed by atoms with Gasteiger partial charge in [-0.1, -0.05) is 0 Å². The third kappa shape index (κ3) is 1.78. The molecular formula is C16H12O5. The topological polar surface area (TPSA) is 83.8 Å². The van der Waals surface area contributed by atoms with Gasteiger partial charge in [-0.2, -0.15) is 0 Å². The van der Waals surface area contributed by atoms with Crippen molar-refractivity contribution in [2.24, 2.45) is 0 Å². The molecule has 0 fully saturated rings. The van der Waals surface area contributed by atoms with Crippen LogP contribution < -0.4 is 4.74 Å². The van der Waals surface area contributed by atoms with E-state index in [0.717, 1.165) is 0 Å². The van der Waals surface area contributed by atoms with Crippen molar-refractivity contribution in [3.63, 3.8) is 0 Å². The summed E-state index contributed by atoms with van der Waals surface area (Å²) in [6, 6.07) is 5.62. The minimum atomic E-state index is -0.508. The predicted molar refractivity (Wildman–Crippen MR) is 74.4 cm³/mol. The first-order valence-electron chi connectivity index (χ1n) is 6.28. The van der Waals surface area contributed by atoms with Crippen LogP contribution in [0.3, 0.4) is 0 Å². The van der Waals surface area contributed by atoms with E-state index in [-0.39, 0.29) is 39.5 Å². The second-order valence-electron chi connectivity index (χ2n) is 4.93. The molecular weight excluding hydrogens is 272 g/mol. The molecule has 1 aliphatic rings. The zero-order chi connectivity index (χ0) is 15.3. The molecule has 0 aliphatic heterocycles. The number of fused-ring (bicyclic) bond motifs is 2. The van der Waals surface area contributed by atoms with Gasteiger partial charge < -0.3 is 14.9 Å². The summed E-state index contributed by atoms with van der Waals surface area (Å²) in [5, 5.41) is 20.0. The van der Waals surface area contributed by atoms with E-state index < -0.39 is 11.6 Å². The van der Waals surface area contributed by atoms with E-state index in [1.165, 1.54) is 31.4 Å². The van der Waals surface area contributed by atoms with Gasteiger partial charge >= 0.3 is 0 Å². The molecule has 0 unspecified atom stereocenters.